The second-order valence-corrected chi connectivity index (χ2v) is 5.88. The van der Waals surface area contributed by atoms with E-state index in [0.717, 1.165) is 11.0 Å². The van der Waals surface area contributed by atoms with Crippen molar-refractivity contribution in [3.63, 3.8) is 0 Å². The van der Waals surface area contributed by atoms with E-state index in [4.69, 9.17) is 0 Å². The minimum absolute atomic E-state index is 1.04. The van der Waals surface area contributed by atoms with Crippen molar-refractivity contribution in [1.82, 2.24) is 0 Å². The number of benzene rings is 2. The molecule has 0 aliphatic rings. The maximum atomic E-state index is 3.49. The zero-order valence-electron chi connectivity index (χ0n) is 9.87. The second kappa shape index (κ2) is 6.31. The van der Waals surface area contributed by atoms with Crippen molar-refractivity contribution >= 4 is 44.2 Å². The fourth-order valence-electron chi connectivity index (χ4n) is 1.78. The van der Waals surface area contributed by atoms with Crippen LogP contribution in [0.25, 0.3) is 10.8 Å². The largest absolute Gasteiger partial charge is 0.385 e. The van der Waals surface area contributed by atoms with E-state index in [1.807, 2.05) is 11.8 Å². The predicted octanol–water partition coefficient (Wildman–Crippen LogP) is 4.77. The zero-order valence-corrected chi connectivity index (χ0v) is 12.3. The van der Waals surface area contributed by atoms with Crippen molar-refractivity contribution in [2.45, 2.75) is 6.42 Å². The molecule has 0 aliphatic heterocycles. The number of nitrogens with one attached hydrogen (secondary N) is 1. The highest BCUT2D eigenvalue weighted by atomic mass is 79.9. The highest BCUT2D eigenvalue weighted by Gasteiger charge is 1.97. The molecule has 1 N–H and O–H groups in total. The first-order valence-corrected chi connectivity index (χ1v) is 7.90. The Labute approximate surface area is 115 Å². The molecule has 0 aromatic heterocycles. The van der Waals surface area contributed by atoms with Crippen LogP contribution < -0.4 is 5.32 Å². The van der Waals surface area contributed by atoms with E-state index in [-0.39, 0.29) is 0 Å². The summed E-state index contributed by atoms with van der Waals surface area (Å²) in [6, 6.07) is 12.9. The van der Waals surface area contributed by atoms with Crippen molar-refractivity contribution < 1.29 is 0 Å². The molecule has 0 radical (unpaired) electrons. The van der Waals surface area contributed by atoms with Crippen LogP contribution in [0.3, 0.4) is 0 Å². The lowest BCUT2D eigenvalue weighted by molar-refractivity contribution is 0.994. The number of hydrogen-bond acceptors (Lipinski definition) is 2. The summed E-state index contributed by atoms with van der Waals surface area (Å²) in [5.74, 6) is 1.22. The molecule has 0 saturated carbocycles. The molecule has 0 atom stereocenters. The summed E-state index contributed by atoms with van der Waals surface area (Å²) in [7, 11) is 0. The third-order valence-corrected chi connectivity index (χ3v) is 3.85. The fourth-order valence-corrected chi connectivity index (χ4v) is 2.59. The van der Waals surface area contributed by atoms with Crippen molar-refractivity contribution in [3.8, 4) is 0 Å². The third kappa shape index (κ3) is 3.65. The summed E-state index contributed by atoms with van der Waals surface area (Å²) in [4.78, 5) is 0. The fraction of sp³-hybridized carbons (Fsp3) is 0.286. The lowest BCUT2D eigenvalue weighted by Crippen LogP contribution is -2.02. The summed E-state index contributed by atoms with van der Waals surface area (Å²) in [6.07, 6.45) is 3.35. The van der Waals surface area contributed by atoms with Gasteiger partial charge in [0.25, 0.3) is 0 Å². The van der Waals surface area contributed by atoms with Crippen molar-refractivity contribution in [1.29, 1.82) is 0 Å². The lowest BCUT2D eigenvalue weighted by Gasteiger charge is -2.07. The van der Waals surface area contributed by atoms with Crippen LogP contribution >= 0.6 is 27.7 Å². The molecular weight excluding hydrogens is 294 g/mol. The quantitative estimate of drug-likeness (QED) is 0.799. The van der Waals surface area contributed by atoms with Gasteiger partial charge in [0.05, 0.1) is 0 Å². The molecule has 0 fully saturated rings. The Morgan fingerprint density at radius 1 is 1.12 bits per heavy atom. The van der Waals surface area contributed by atoms with E-state index in [1.54, 1.807) is 0 Å². The van der Waals surface area contributed by atoms with Gasteiger partial charge in [0.2, 0.25) is 0 Å². The summed E-state index contributed by atoms with van der Waals surface area (Å²) in [5.41, 5.74) is 1.21. The maximum Gasteiger partial charge on any atom is 0.0346 e. The van der Waals surface area contributed by atoms with E-state index in [0.29, 0.717) is 0 Å². The molecule has 0 amide bonds. The van der Waals surface area contributed by atoms with Gasteiger partial charge in [-0.3, -0.25) is 0 Å². The monoisotopic (exact) mass is 309 g/mol. The van der Waals surface area contributed by atoms with Crippen LogP contribution in [-0.2, 0) is 0 Å². The summed E-state index contributed by atoms with van der Waals surface area (Å²) >= 11 is 5.39. The molecule has 0 heterocycles. The SMILES string of the molecule is CSCCCNc1ccc2cc(Br)ccc2c1. The standard InChI is InChI=1S/C14H16BrNS/c1-17-8-2-7-16-14-6-4-11-9-13(15)5-3-12(11)10-14/h3-6,9-10,16H,2,7-8H2,1H3. The van der Waals surface area contributed by atoms with Gasteiger partial charge in [0, 0.05) is 16.7 Å². The zero-order chi connectivity index (χ0) is 12.1. The molecule has 2 aromatic rings. The highest BCUT2D eigenvalue weighted by molar-refractivity contribution is 9.10. The molecule has 90 valence electrons. The summed E-state index contributed by atoms with van der Waals surface area (Å²) < 4.78 is 1.13. The van der Waals surface area contributed by atoms with Gasteiger partial charge in [-0.1, -0.05) is 28.1 Å². The molecule has 3 heteroatoms. The van der Waals surface area contributed by atoms with Crippen LogP contribution in [0.4, 0.5) is 5.69 Å². The predicted molar refractivity (Wildman–Crippen MR) is 83.1 cm³/mol. The van der Waals surface area contributed by atoms with Gasteiger partial charge in [0.1, 0.15) is 0 Å². The molecule has 0 bridgehead atoms. The van der Waals surface area contributed by atoms with Crippen molar-refractivity contribution in [2.75, 3.05) is 23.9 Å². The Balaban J connectivity index is 2.07. The minimum atomic E-state index is 1.04. The topological polar surface area (TPSA) is 12.0 Å². The molecule has 0 unspecified atom stereocenters. The van der Waals surface area contributed by atoms with Crippen molar-refractivity contribution in [3.05, 3.63) is 40.9 Å². The number of rotatable bonds is 5. The third-order valence-electron chi connectivity index (χ3n) is 2.66. The summed E-state index contributed by atoms with van der Waals surface area (Å²) in [6.45, 7) is 1.04. The van der Waals surface area contributed by atoms with Gasteiger partial charge in [0.15, 0.2) is 0 Å². The molecule has 0 spiro atoms. The smallest absolute Gasteiger partial charge is 0.0346 e. The Kier molecular flexibility index (Phi) is 4.75. The van der Waals surface area contributed by atoms with Crippen LogP contribution in [0.1, 0.15) is 6.42 Å². The number of fused-ring (bicyclic) bond motifs is 1. The molecule has 17 heavy (non-hydrogen) atoms. The van der Waals surface area contributed by atoms with Gasteiger partial charge in [-0.15, -0.1) is 0 Å². The normalized spacial score (nSPS) is 10.7. The molecule has 1 nitrogen and oxygen atoms in total. The van der Waals surface area contributed by atoms with E-state index in [2.05, 4.69) is 63.9 Å². The number of anilines is 1. The maximum absolute atomic E-state index is 3.49. The van der Waals surface area contributed by atoms with E-state index >= 15 is 0 Å². The Bertz CT molecular complexity index is 499. The van der Waals surface area contributed by atoms with Crippen molar-refractivity contribution in [2.24, 2.45) is 0 Å². The van der Waals surface area contributed by atoms with Gasteiger partial charge >= 0.3 is 0 Å². The Morgan fingerprint density at radius 2 is 1.88 bits per heavy atom. The minimum Gasteiger partial charge on any atom is -0.385 e. The van der Waals surface area contributed by atoms with Gasteiger partial charge < -0.3 is 5.32 Å². The van der Waals surface area contributed by atoms with Crippen LogP contribution in [0, 0.1) is 0 Å². The van der Waals surface area contributed by atoms with E-state index in [1.165, 1.54) is 28.6 Å². The van der Waals surface area contributed by atoms with Crippen LogP contribution in [0.5, 0.6) is 0 Å². The Hall–Kier alpha value is -0.670. The van der Waals surface area contributed by atoms with Crippen LogP contribution in [-0.4, -0.2) is 18.6 Å². The highest BCUT2D eigenvalue weighted by Crippen LogP contribution is 2.22. The van der Waals surface area contributed by atoms with Gasteiger partial charge in [-0.25, -0.2) is 0 Å². The van der Waals surface area contributed by atoms with E-state index in [9.17, 15) is 0 Å². The first-order chi connectivity index (χ1) is 8.29. The van der Waals surface area contributed by atoms with Crippen LogP contribution in [0.15, 0.2) is 40.9 Å². The van der Waals surface area contributed by atoms with Gasteiger partial charge in [-0.05, 0) is 53.5 Å². The number of halogens is 1. The summed E-state index contributed by atoms with van der Waals surface area (Å²) in [5, 5.41) is 6.01. The number of thioether (sulfide) groups is 1. The molecule has 0 saturated heterocycles. The van der Waals surface area contributed by atoms with E-state index < -0.39 is 0 Å². The molecule has 2 aromatic carbocycles. The average molecular weight is 310 g/mol. The molecule has 0 aliphatic carbocycles. The number of hydrogen-bond donors (Lipinski definition) is 1. The average Bonchev–Trinajstić information content (AvgIpc) is 2.35. The van der Waals surface area contributed by atoms with Gasteiger partial charge in [-0.2, -0.15) is 11.8 Å². The Morgan fingerprint density at radius 3 is 2.71 bits per heavy atom. The second-order valence-electron chi connectivity index (χ2n) is 3.98. The first kappa shape index (κ1) is 12.8. The first-order valence-electron chi connectivity index (χ1n) is 5.72. The van der Waals surface area contributed by atoms with Crippen LogP contribution in [0.2, 0.25) is 0 Å². The lowest BCUT2D eigenvalue weighted by atomic mass is 10.1. The molecule has 2 rings (SSSR count). The molecular formula is C14H16BrNS.